The van der Waals surface area contributed by atoms with Gasteiger partial charge in [-0.05, 0) is 17.7 Å². The van der Waals surface area contributed by atoms with Crippen molar-refractivity contribution in [1.82, 2.24) is 9.78 Å². The zero-order valence-electron chi connectivity index (χ0n) is 10.2. The van der Waals surface area contributed by atoms with Gasteiger partial charge in [0.05, 0.1) is 17.4 Å². The Morgan fingerprint density at radius 2 is 1.61 bits per heavy atom. The van der Waals surface area contributed by atoms with E-state index >= 15 is 0 Å². The van der Waals surface area contributed by atoms with E-state index in [2.05, 4.69) is 5.10 Å². The van der Waals surface area contributed by atoms with Crippen molar-refractivity contribution in [2.24, 2.45) is 0 Å². The number of fused-ring (bicyclic) bond motifs is 1. The molecule has 0 aliphatic heterocycles. The molecule has 0 aliphatic rings. The van der Waals surface area contributed by atoms with Gasteiger partial charge in [-0.1, -0.05) is 42.5 Å². The number of rotatable bonds is 2. The van der Waals surface area contributed by atoms with Crippen LogP contribution in [0.1, 0.15) is 5.56 Å². The number of nitrogens with zero attached hydrogens (tertiary/aromatic N) is 2. The summed E-state index contributed by atoms with van der Waals surface area (Å²) in [6.07, 6.45) is 0. The third-order valence-electron chi connectivity index (χ3n) is 2.81. The summed E-state index contributed by atoms with van der Waals surface area (Å²) in [7, 11) is 0. The Bertz CT molecular complexity index is 649. The van der Waals surface area contributed by atoms with Crippen LogP contribution in [-0.2, 0) is 6.54 Å². The molecule has 0 saturated carbocycles. The second kappa shape index (κ2) is 5.57. The van der Waals surface area contributed by atoms with E-state index in [0.29, 0.717) is 6.54 Å². The second-order valence-corrected chi connectivity index (χ2v) is 3.98. The standard InChI is InChI=1S/C14H12N2O.Na/c17-14-12-8-4-5-9-13(12)16(15-14)10-11-6-2-1-3-7-11;/h1-9H,10H2,(H,15,17);. The summed E-state index contributed by atoms with van der Waals surface area (Å²) in [5.41, 5.74) is 2.12. The van der Waals surface area contributed by atoms with Crippen LogP contribution in [0.5, 0.6) is 5.88 Å². The van der Waals surface area contributed by atoms with Crippen molar-refractivity contribution in [3.63, 3.8) is 0 Å². The number of benzene rings is 2. The number of hydrogen-bond donors (Lipinski definition) is 1. The van der Waals surface area contributed by atoms with E-state index < -0.39 is 0 Å². The van der Waals surface area contributed by atoms with E-state index in [1.54, 1.807) is 0 Å². The van der Waals surface area contributed by atoms with E-state index in [1.807, 2.05) is 59.3 Å². The maximum Gasteiger partial charge on any atom is 0.238 e. The molecule has 0 saturated heterocycles. The van der Waals surface area contributed by atoms with Crippen LogP contribution < -0.4 is 0 Å². The smallest absolute Gasteiger partial charge is 0.238 e. The topological polar surface area (TPSA) is 38.1 Å². The van der Waals surface area contributed by atoms with Gasteiger partial charge in [0, 0.05) is 29.6 Å². The van der Waals surface area contributed by atoms with E-state index in [0.717, 1.165) is 10.9 Å². The third kappa shape index (κ3) is 2.43. The predicted molar refractivity (Wildman–Crippen MR) is 72.7 cm³/mol. The molecule has 0 aliphatic carbocycles. The molecule has 1 N–H and O–H groups in total. The van der Waals surface area contributed by atoms with Crippen LogP contribution in [0.4, 0.5) is 0 Å². The van der Waals surface area contributed by atoms with Crippen LogP contribution in [-0.4, -0.2) is 44.4 Å². The first-order chi connectivity index (χ1) is 8.34. The zero-order valence-corrected chi connectivity index (χ0v) is 12.2. The maximum absolute atomic E-state index is 9.74. The minimum atomic E-state index is 0. The fraction of sp³-hybridized carbons (Fsp3) is 0.0714. The van der Waals surface area contributed by atoms with E-state index in [9.17, 15) is 5.11 Å². The largest absolute Gasteiger partial charge is 0.492 e. The van der Waals surface area contributed by atoms with Gasteiger partial charge in [-0.15, -0.1) is 5.10 Å². The summed E-state index contributed by atoms with van der Waals surface area (Å²) < 4.78 is 1.82. The molecule has 85 valence electrons. The molecule has 0 spiro atoms. The van der Waals surface area contributed by atoms with Crippen molar-refractivity contribution in [3.05, 3.63) is 60.2 Å². The van der Waals surface area contributed by atoms with Crippen LogP contribution >= 0.6 is 0 Å². The summed E-state index contributed by atoms with van der Waals surface area (Å²) >= 11 is 0. The van der Waals surface area contributed by atoms with Crippen LogP contribution in [0.15, 0.2) is 54.6 Å². The average molecular weight is 247 g/mol. The van der Waals surface area contributed by atoms with Gasteiger partial charge in [0.15, 0.2) is 0 Å². The number of hydrogen-bond acceptors (Lipinski definition) is 2. The Morgan fingerprint density at radius 1 is 0.944 bits per heavy atom. The van der Waals surface area contributed by atoms with E-state index in [4.69, 9.17) is 0 Å². The normalized spacial score (nSPS) is 10.2. The molecular weight excluding hydrogens is 235 g/mol. The molecule has 3 nitrogen and oxygen atoms in total. The van der Waals surface area contributed by atoms with Gasteiger partial charge in [0.25, 0.3) is 0 Å². The van der Waals surface area contributed by atoms with Crippen molar-refractivity contribution in [3.8, 4) is 5.88 Å². The van der Waals surface area contributed by atoms with Gasteiger partial charge in [0.2, 0.25) is 5.88 Å². The molecule has 3 aromatic rings. The summed E-state index contributed by atoms with van der Waals surface area (Å²) in [6.45, 7) is 0.669. The maximum atomic E-state index is 9.74. The molecular formula is C14H12N2NaO. The van der Waals surface area contributed by atoms with Gasteiger partial charge in [-0.3, -0.25) is 4.68 Å². The van der Waals surface area contributed by atoms with Crippen molar-refractivity contribution < 1.29 is 5.11 Å². The molecule has 1 aromatic heterocycles. The van der Waals surface area contributed by atoms with Crippen molar-refractivity contribution in [1.29, 1.82) is 0 Å². The molecule has 0 unspecified atom stereocenters. The van der Waals surface area contributed by atoms with E-state index in [-0.39, 0.29) is 35.4 Å². The summed E-state index contributed by atoms with van der Waals surface area (Å²) in [6, 6.07) is 17.8. The van der Waals surface area contributed by atoms with Gasteiger partial charge in [0.1, 0.15) is 0 Å². The summed E-state index contributed by atoms with van der Waals surface area (Å²) in [5.74, 6) is 0.0940. The van der Waals surface area contributed by atoms with Crippen LogP contribution in [0.25, 0.3) is 10.9 Å². The summed E-state index contributed by atoms with van der Waals surface area (Å²) in [4.78, 5) is 0. The van der Waals surface area contributed by atoms with Gasteiger partial charge in [-0.25, -0.2) is 0 Å². The van der Waals surface area contributed by atoms with Crippen molar-refractivity contribution >= 4 is 40.5 Å². The zero-order chi connectivity index (χ0) is 11.7. The SMILES string of the molecule is Oc1nn(Cc2ccccc2)c2ccccc12.[Na]. The first-order valence-corrected chi connectivity index (χ1v) is 5.53. The fourth-order valence-electron chi connectivity index (χ4n) is 1.99. The third-order valence-corrected chi connectivity index (χ3v) is 2.81. The predicted octanol–water partition coefficient (Wildman–Crippen LogP) is 2.41. The molecule has 2 aromatic carbocycles. The monoisotopic (exact) mass is 247 g/mol. The molecule has 0 bridgehead atoms. The van der Waals surface area contributed by atoms with Crippen LogP contribution in [0.3, 0.4) is 0 Å². The molecule has 0 atom stereocenters. The van der Waals surface area contributed by atoms with Gasteiger partial charge >= 0.3 is 0 Å². The first-order valence-electron chi connectivity index (χ1n) is 5.53. The van der Waals surface area contributed by atoms with E-state index in [1.165, 1.54) is 5.56 Å². The second-order valence-electron chi connectivity index (χ2n) is 3.98. The quantitative estimate of drug-likeness (QED) is 0.706. The number of aromatic hydroxyl groups is 1. The van der Waals surface area contributed by atoms with Crippen molar-refractivity contribution in [2.45, 2.75) is 6.54 Å². The minimum absolute atomic E-state index is 0. The Labute approximate surface area is 127 Å². The number of para-hydroxylation sites is 1. The molecule has 1 radical (unpaired) electrons. The Balaban J connectivity index is 0.00000120. The fourth-order valence-corrected chi connectivity index (χ4v) is 1.99. The van der Waals surface area contributed by atoms with Gasteiger partial charge < -0.3 is 5.11 Å². The number of aromatic nitrogens is 2. The van der Waals surface area contributed by atoms with Crippen LogP contribution in [0.2, 0.25) is 0 Å². The molecule has 4 heteroatoms. The first kappa shape index (κ1) is 13.1. The Hall–Kier alpha value is -1.29. The Morgan fingerprint density at radius 3 is 2.39 bits per heavy atom. The molecule has 3 rings (SSSR count). The molecule has 1 heterocycles. The Kier molecular flexibility index (Phi) is 4.07. The van der Waals surface area contributed by atoms with Crippen molar-refractivity contribution in [2.75, 3.05) is 0 Å². The van der Waals surface area contributed by atoms with Crippen LogP contribution in [0, 0.1) is 0 Å². The van der Waals surface area contributed by atoms with Gasteiger partial charge in [-0.2, -0.15) is 0 Å². The minimum Gasteiger partial charge on any atom is -0.492 e. The summed E-state index contributed by atoms with van der Waals surface area (Å²) in [5, 5.41) is 14.7. The molecule has 0 fully saturated rings. The average Bonchev–Trinajstić information content (AvgIpc) is 2.69. The molecule has 18 heavy (non-hydrogen) atoms. The molecule has 0 amide bonds.